The second kappa shape index (κ2) is 13.5. The smallest absolute Gasteiger partial charge is 0.244 e. The van der Waals surface area contributed by atoms with Crippen molar-refractivity contribution in [3.63, 3.8) is 0 Å². The Kier molecular flexibility index (Phi) is 11.7. The standard InChI is InChI=1S/C20H32N4O3.HI/c1-4-21-20(23-15-19(25)24-12-5-6-13-24)22-11-7-8-16-9-10-17(26-2)18(14-16)27-3;/h9-10,14H,4-8,11-13,15H2,1-3H3,(H2,21,22,23);1H. The fraction of sp³-hybridized carbons (Fsp3) is 0.600. The number of hydrogen-bond acceptors (Lipinski definition) is 4. The molecule has 1 amide bonds. The fourth-order valence-electron chi connectivity index (χ4n) is 3.09. The first-order valence-corrected chi connectivity index (χ1v) is 9.68. The van der Waals surface area contributed by atoms with Crippen LogP contribution in [0.3, 0.4) is 0 Å². The Hall–Kier alpha value is -1.71. The average molecular weight is 504 g/mol. The quantitative estimate of drug-likeness (QED) is 0.234. The number of hydrogen-bond donors (Lipinski definition) is 2. The van der Waals surface area contributed by atoms with E-state index in [-0.39, 0.29) is 36.4 Å². The van der Waals surface area contributed by atoms with E-state index in [1.165, 1.54) is 5.56 Å². The molecule has 2 N–H and O–H groups in total. The van der Waals surface area contributed by atoms with E-state index in [2.05, 4.69) is 21.7 Å². The molecule has 0 spiro atoms. The lowest BCUT2D eigenvalue weighted by Crippen LogP contribution is -2.39. The van der Waals surface area contributed by atoms with Crippen molar-refractivity contribution >= 4 is 35.8 Å². The number of amides is 1. The third kappa shape index (κ3) is 7.73. The second-order valence-corrected chi connectivity index (χ2v) is 6.50. The highest BCUT2D eigenvalue weighted by atomic mass is 127. The Morgan fingerprint density at radius 2 is 1.86 bits per heavy atom. The Labute approximate surface area is 185 Å². The molecule has 1 aromatic rings. The number of nitrogens with one attached hydrogen (secondary N) is 2. The number of rotatable bonds is 9. The van der Waals surface area contributed by atoms with Gasteiger partial charge in [-0.25, -0.2) is 4.99 Å². The van der Waals surface area contributed by atoms with Gasteiger partial charge >= 0.3 is 0 Å². The minimum Gasteiger partial charge on any atom is -0.493 e. The number of aryl methyl sites for hydroxylation is 1. The van der Waals surface area contributed by atoms with Crippen molar-refractivity contribution < 1.29 is 14.3 Å². The molecule has 1 fully saturated rings. The van der Waals surface area contributed by atoms with E-state index in [9.17, 15) is 4.79 Å². The molecular formula is C20H33IN4O3. The van der Waals surface area contributed by atoms with Crippen LogP contribution in [0.2, 0.25) is 0 Å². The zero-order valence-electron chi connectivity index (χ0n) is 17.1. The molecule has 2 rings (SSSR count). The first kappa shape index (κ1) is 24.3. The van der Waals surface area contributed by atoms with Gasteiger partial charge < -0.3 is 25.0 Å². The van der Waals surface area contributed by atoms with Crippen LogP contribution >= 0.6 is 24.0 Å². The predicted octanol–water partition coefficient (Wildman–Crippen LogP) is 2.43. The van der Waals surface area contributed by atoms with Crippen molar-refractivity contribution in [1.29, 1.82) is 0 Å². The third-order valence-corrected chi connectivity index (χ3v) is 4.56. The van der Waals surface area contributed by atoms with Crippen LogP contribution in [-0.4, -0.2) is 63.7 Å². The molecule has 7 nitrogen and oxygen atoms in total. The van der Waals surface area contributed by atoms with Gasteiger partial charge in [0.05, 0.1) is 14.2 Å². The summed E-state index contributed by atoms with van der Waals surface area (Å²) in [5.41, 5.74) is 1.20. The first-order valence-electron chi connectivity index (χ1n) is 9.68. The third-order valence-electron chi connectivity index (χ3n) is 4.56. The van der Waals surface area contributed by atoms with Crippen LogP contribution in [0.25, 0.3) is 0 Å². The van der Waals surface area contributed by atoms with Crippen LogP contribution in [0, 0.1) is 0 Å². The summed E-state index contributed by atoms with van der Waals surface area (Å²) in [6, 6.07) is 5.99. The van der Waals surface area contributed by atoms with Gasteiger partial charge in [-0.1, -0.05) is 6.07 Å². The molecule has 0 atom stereocenters. The van der Waals surface area contributed by atoms with Gasteiger partial charge in [-0.3, -0.25) is 4.79 Å². The fourth-order valence-corrected chi connectivity index (χ4v) is 3.09. The summed E-state index contributed by atoms with van der Waals surface area (Å²) in [5.74, 6) is 2.29. The molecule has 0 aliphatic carbocycles. The zero-order valence-corrected chi connectivity index (χ0v) is 19.5. The maximum Gasteiger partial charge on any atom is 0.244 e. The van der Waals surface area contributed by atoms with Crippen molar-refractivity contribution in [1.82, 2.24) is 15.5 Å². The summed E-state index contributed by atoms with van der Waals surface area (Å²) in [6.07, 6.45) is 4.06. The van der Waals surface area contributed by atoms with E-state index in [4.69, 9.17) is 9.47 Å². The number of nitrogens with zero attached hydrogens (tertiary/aromatic N) is 2. The molecule has 8 heteroatoms. The van der Waals surface area contributed by atoms with Crippen LogP contribution < -0.4 is 20.1 Å². The maximum atomic E-state index is 12.1. The summed E-state index contributed by atoms with van der Waals surface area (Å²) in [6.45, 7) is 5.49. The van der Waals surface area contributed by atoms with E-state index in [0.717, 1.165) is 63.4 Å². The average Bonchev–Trinajstić information content (AvgIpc) is 3.23. The van der Waals surface area contributed by atoms with Gasteiger partial charge in [0.25, 0.3) is 0 Å². The number of aliphatic imine (C=N–C) groups is 1. The number of ether oxygens (including phenoxy) is 2. The van der Waals surface area contributed by atoms with E-state index in [0.29, 0.717) is 5.96 Å². The van der Waals surface area contributed by atoms with Crippen molar-refractivity contribution in [2.75, 3.05) is 46.9 Å². The summed E-state index contributed by atoms with van der Waals surface area (Å²) < 4.78 is 10.6. The SMILES string of the molecule is CCNC(=NCC(=O)N1CCCC1)NCCCc1ccc(OC)c(OC)c1.I. The highest BCUT2D eigenvalue weighted by Crippen LogP contribution is 2.27. The van der Waals surface area contributed by atoms with Gasteiger partial charge in [-0.05, 0) is 50.3 Å². The molecule has 1 aliphatic heterocycles. The van der Waals surface area contributed by atoms with Gasteiger partial charge in [0.15, 0.2) is 17.5 Å². The Morgan fingerprint density at radius 1 is 1.14 bits per heavy atom. The number of halogens is 1. The normalized spacial score (nSPS) is 13.7. The molecular weight excluding hydrogens is 471 g/mol. The summed E-state index contributed by atoms with van der Waals surface area (Å²) in [7, 11) is 3.28. The zero-order chi connectivity index (χ0) is 19.5. The molecule has 1 aliphatic rings. The molecule has 0 bridgehead atoms. The molecule has 1 heterocycles. The highest BCUT2D eigenvalue weighted by molar-refractivity contribution is 14.0. The van der Waals surface area contributed by atoms with E-state index < -0.39 is 0 Å². The molecule has 0 unspecified atom stereocenters. The Balaban J connectivity index is 0.00000392. The number of methoxy groups -OCH3 is 2. The lowest BCUT2D eigenvalue weighted by atomic mass is 10.1. The monoisotopic (exact) mass is 504 g/mol. The minimum atomic E-state index is 0. The minimum absolute atomic E-state index is 0. The Bertz CT molecular complexity index is 634. The predicted molar refractivity (Wildman–Crippen MR) is 123 cm³/mol. The van der Waals surface area contributed by atoms with Crippen molar-refractivity contribution in [3.8, 4) is 11.5 Å². The lowest BCUT2D eigenvalue weighted by molar-refractivity contribution is -0.128. The summed E-state index contributed by atoms with van der Waals surface area (Å²) in [4.78, 5) is 18.4. The van der Waals surface area contributed by atoms with Crippen LogP contribution in [0.15, 0.2) is 23.2 Å². The largest absolute Gasteiger partial charge is 0.493 e. The molecule has 1 aromatic carbocycles. The molecule has 28 heavy (non-hydrogen) atoms. The number of carbonyl (C=O) groups is 1. The number of likely N-dealkylation sites (tertiary alicyclic amines) is 1. The van der Waals surface area contributed by atoms with E-state index in [1.807, 2.05) is 24.0 Å². The van der Waals surface area contributed by atoms with Crippen molar-refractivity contribution in [3.05, 3.63) is 23.8 Å². The van der Waals surface area contributed by atoms with Gasteiger partial charge in [0, 0.05) is 26.2 Å². The van der Waals surface area contributed by atoms with Crippen LogP contribution in [0.4, 0.5) is 0 Å². The lowest BCUT2D eigenvalue weighted by Gasteiger charge is -2.15. The molecule has 0 saturated carbocycles. The molecule has 158 valence electrons. The highest BCUT2D eigenvalue weighted by Gasteiger charge is 2.17. The van der Waals surface area contributed by atoms with E-state index >= 15 is 0 Å². The summed E-state index contributed by atoms with van der Waals surface area (Å²) in [5, 5.41) is 6.49. The van der Waals surface area contributed by atoms with E-state index in [1.54, 1.807) is 14.2 Å². The molecule has 1 saturated heterocycles. The summed E-state index contributed by atoms with van der Waals surface area (Å²) >= 11 is 0. The van der Waals surface area contributed by atoms with Crippen LogP contribution in [-0.2, 0) is 11.2 Å². The number of benzene rings is 1. The topological polar surface area (TPSA) is 75.2 Å². The second-order valence-electron chi connectivity index (χ2n) is 6.50. The van der Waals surface area contributed by atoms with Gasteiger partial charge in [-0.2, -0.15) is 0 Å². The van der Waals surface area contributed by atoms with Crippen molar-refractivity contribution in [2.24, 2.45) is 4.99 Å². The molecule has 0 aromatic heterocycles. The molecule has 0 radical (unpaired) electrons. The first-order chi connectivity index (χ1) is 13.2. The Morgan fingerprint density at radius 3 is 2.50 bits per heavy atom. The van der Waals surface area contributed by atoms with Crippen LogP contribution in [0.1, 0.15) is 31.7 Å². The van der Waals surface area contributed by atoms with Gasteiger partial charge in [0.2, 0.25) is 5.91 Å². The number of carbonyl (C=O) groups excluding carboxylic acids is 1. The van der Waals surface area contributed by atoms with Crippen molar-refractivity contribution in [2.45, 2.75) is 32.6 Å². The van der Waals surface area contributed by atoms with Gasteiger partial charge in [-0.15, -0.1) is 24.0 Å². The van der Waals surface area contributed by atoms with Crippen LogP contribution in [0.5, 0.6) is 11.5 Å². The number of guanidine groups is 1. The van der Waals surface area contributed by atoms with Gasteiger partial charge in [0.1, 0.15) is 6.54 Å². The maximum absolute atomic E-state index is 12.1.